The first-order valence-corrected chi connectivity index (χ1v) is 14.0. The molecule has 5 saturated carbocycles. The Labute approximate surface area is 217 Å². The van der Waals surface area contributed by atoms with E-state index >= 15 is 0 Å². The van der Waals surface area contributed by atoms with E-state index in [1.54, 1.807) is 30.6 Å². The van der Waals surface area contributed by atoms with Crippen LogP contribution in [0, 0.1) is 24.7 Å². The van der Waals surface area contributed by atoms with Crippen LogP contribution in [0.4, 0.5) is 5.69 Å². The van der Waals surface area contributed by atoms with Gasteiger partial charge in [-0.1, -0.05) is 25.3 Å². The van der Waals surface area contributed by atoms with Crippen molar-refractivity contribution in [3.63, 3.8) is 0 Å². The third-order valence-corrected chi connectivity index (χ3v) is 9.44. The van der Waals surface area contributed by atoms with E-state index in [0.717, 1.165) is 61.4 Å². The van der Waals surface area contributed by atoms with Gasteiger partial charge in [-0.3, -0.25) is 14.8 Å². The molecule has 0 saturated heterocycles. The molecule has 8 heteroatoms. The van der Waals surface area contributed by atoms with Crippen LogP contribution in [0.1, 0.15) is 114 Å². The number of rotatable bonds is 7. The molecule has 8 nitrogen and oxygen atoms in total. The van der Waals surface area contributed by atoms with Gasteiger partial charge in [0, 0.05) is 17.2 Å². The summed E-state index contributed by atoms with van der Waals surface area (Å²) < 4.78 is 6.73. The van der Waals surface area contributed by atoms with Crippen molar-refractivity contribution in [2.75, 3.05) is 5.32 Å². The van der Waals surface area contributed by atoms with Crippen LogP contribution in [0.15, 0.2) is 18.2 Å². The van der Waals surface area contributed by atoms with Gasteiger partial charge in [-0.25, -0.2) is 10.5 Å². The van der Waals surface area contributed by atoms with Gasteiger partial charge in [0.05, 0.1) is 17.9 Å². The van der Waals surface area contributed by atoms with E-state index in [4.69, 9.17) is 14.9 Å². The molecule has 0 radical (unpaired) electrons. The second-order valence-corrected chi connectivity index (χ2v) is 12.0. The average molecular weight is 507 g/mol. The lowest BCUT2D eigenvalue weighted by Crippen LogP contribution is -2.51. The molecule has 0 spiro atoms. The topological polar surface area (TPSA) is 116 Å². The van der Waals surface area contributed by atoms with E-state index in [2.05, 4.69) is 10.3 Å². The molecule has 1 aromatic heterocycles. The van der Waals surface area contributed by atoms with Crippen molar-refractivity contribution in [3.05, 3.63) is 46.5 Å². The number of hydrogen-bond donors (Lipinski definition) is 4. The van der Waals surface area contributed by atoms with Crippen LogP contribution in [0.2, 0.25) is 0 Å². The van der Waals surface area contributed by atoms with E-state index < -0.39 is 5.91 Å². The van der Waals surface area contributed by atoms with Gasteiger partial charge in [0.1, 0.15) is 5.82 Å². The minimum atomic E-state index is -0.613. The molecule has 1 aromatic carbocycles. The van der Waals surface area contributed by atoms with Gasteiger partial charge >= 0.3 is 0 Å². The quantitative estimate of drug-likeness (QED) is 0.287. The van der Waals surface area contributed by atoms with Crippen LogP contribution < -0.4 is 10.8 Å². The summed E-state index contributed by atoms with van der Waals surface area (Å²) in [6, 6.07) is 5.04. The number of hydrogen-bond acceptors (Lipinski definition) is 5. The lowest BCUT2D eigenvalue weighted by Gasteiger charge is -2.56. The number of hydroxylamine groups is 1. The maximum absolute atomic E-state index is 13.6. The summed E-state index contributed by atoms with van der Waals surface area (Å²) >= 11 is 0. The van der Waals surface area contributed by atoms with Crippen molar-refractivity contribution in [2.24, 2.45) is 17.8 Å². The van der Waals surface area contributed by atoms with Crippen molar-refractivity contribution in [3.8, 4) is 0 Å². The molecular weight excluding hydrogens is 468 g/mol. The minimum absolute atomic E-state index is 0.0544. The molecule has 5 fully saturated rings. The van der Waals surface area contributed by atoms with Gasteiger partial charge in [0.15, 0.2) is 5.69 Å². The number of nitrogens with one attached hydrogen (secondary N) is 3. The van der Waals surface area contributed by atoms with Gasteiger partial charge < -0.3 is 15.0 Å². The Morgan fingerprint density at radius 1 is 1.05 bits per heavy atom. The van der Waals surface area contributed by atoms with Gasteiger partial charge in [0.2, 0.25) is 0 Å². The summed E-state index contributed by atoms with van der Waals surface area (Å²) in [6.45, 7) is 2.11. The number of imidazole rings is 1. The normalized spacial score (nSPS) is 28.9. The predicted octanol–water partition coefficient (Wildman–Crippen LogP) is 5.62. The highest BCUT2D eigenvalue weighted by Gasteiger charge is 2.51. The first kappa shape index (κ1) is 24.6. The molecule has 2 amide bonds. The molecule has 4 N–H and O–H groups in total. The largest absolute Gasteiger partial charge is 0.369 e. The molecule has 7 rings (SSSR count). The number of carbonyl (C=O) groups is 2. The SMILES string of the molecule is Cc1c(NC(=O)c2nc(C3CCCCC3)[nH]c2COC23CC4CC(CC(C4)C2)C3)cccc1C(=O)NO. The van der Waals surface area contributed by atoms with Crippen LogP contribution >= 0.6 is 0 Å². The number of carbonyl (C=O) groups excluding carboxylic acids is 2. The number of nitrogens with zero attached hydrogens (tertiary/aromatic N) is 1. The average Bonchev–Trinajstić information content (AvgIpc) is 3.33. The highest BCUT2D eigenvalue weighted by atomic mass is 16.5. The van der Waals surface area contributed by atoms with Crippen molar-refractivity contribution in [1.29, 1.82) is 0 Å². The smallest absolute Gasteiger partial charge is 0.276 e. The number of anilines is 1. The monoisotopic (exact) mass is 506 g/mol. The number of H-pyrrole nitrogens is 1. The molecule has 1 heterocycles. The zero-order chi connectivity index (χ0) is 25.6. The number of aromatic nitrogens is 2. The van der Waals surface area contributed by atoms with Crippen LogP contribution in [0.25, 0.3) is 0 Å². The second-order valence-electron chi connectivity index (χ2n) is 12.0. The van der Waals surface area contributed by atoms with Crippen LogP contribution in [-0.4, -0.2) is 32.6 Å². The Bertz CT molecular complexity index is 1150. The standard InChI is InChI=1S/C29H38N4O4/c1-17-22(27(34)33-36)8-5-9-23(17)31-28(35)25-24(30-26(32-25)21-6-3-2-4-7-21)16-37-29-13-18-10-19(14-29)12-20(11-18)15-29/h5,8-9,18-21,36H,2-4,6-7,10-16H2,1H3,(H,30,32)(H,31,35)(H,33,34). The number of benzene rings is 1. The first-order chi connectivity index (χ1) is 17.9. The van der Waals surface area contributed by atoms with Crippen LogP contribution in [0.3, 0.4) is 0 Å². The lowest BCUT2D eigenvalue weighted by atomic mass is 9.54. The number of aromatic amines is 1. The van der Waals surface area contributed by atoms with Crippen LogP contribution in [-0.2, 0) is 11.3 Å². The zero-order valence-corrected chi connectivity index (χ0v) is 21.6. The summed E-state index contributed by atoms with van der Waals surface area (Å²) in [4.78, 5) is 33.9. The molecule has 0 unspecified atom stereocenters. The molecule has 2 aromatic rings. The van der Waals surface area contributed by atoms with Gasteiger partial charge in [0.25, 0.3) is 11.8 Å². The summed E-state index contributed by atoms with van der Waals surface area (Å²) in [7, 11) is 0. The number of amides is 2. The maximum Gasteiger partial charge on any atom is 0.276 e. The van der Waals surface area contributed by atoms with Gasteiger partial charge in [-0.2, -0.15) is 0 Å². The highest BCUT2D eigenvalue weighted by Crippen LogP contribution is 2.57. The Balaban J connectivity index is 1.25. The van der Waals surface area contributed by atoms with E-state index in [1.807, 2.05) is 0 Å². The molecular formula is C29H38N4O4. The highest BCUT2D eigenvalue weighted by molar-refractivity contribution is 6.05. The predicted molar refractivity (Wildman–Crippen MR) is 138 cm³/mol. The Morgan fingerprint density at radius 3 is 2.38 bits per heavy atom. The third kappa shape index (κ3) is 4.81. The summed E-state index contributed by atoms with van der Waals surface area (Å²) in [5.74, 6) is 2.68. The fraction of sp³-hybridized carbons (Fsp3) is 0.621. The van der Waals surface area contributed by atoms with E-state index in [0.29, 0.717) is 35.0 Å². The maximum atomic E-state index is 13.6. The van der Waals surface area contributed by atoms with Crippen LogP contribution in [0.5, 0.6) is 0 Å². The molecule has 5 aliphatic carbocycles. The van der Waals surface area contributed by atoms with E-state index in [-0.39, 0.29) is 11.5 Å². The summed E-state index contributed by atoms with van der Waals surface area (Å²) in [5, 5.41) is 12.0. The fourth-order valence-corrected chi connectivity index (χ4v) is 7.98. The third-order valence-electron chi connectivity index (χ3n) is 9.44. The van der Waals surface area contributed by atoms with Crippen molar-refractivity contribution >= 4 is 17.5 Å². The molecule has 0 aliphatic heterocycles. The zero-order valence-electron chi connectivity index (χ0n) is 21.6. The van der Waals surface area contributed by atoms with Crippen molar-refractivity contribution in [2.45, 2.75) is 95.7 Å². The lowest BCUT2D eigenvalue weighted by molar-refractivity contribution is -0.169. The fourth-order valence-electron chi connectivity index (χ4n) is 7.98. The van der Waals surface area contributed by atoms with Crippen molar-refractivity contribution < 1.29 is 19.5 Å². The first-order valence-electron chi connectivity index (χ1n) is 14.0. The van der Waals surface area contributed by atoms with Crippen molar-refractivity contribution in [1.82, 2.24) is 15.4 Å². The second kappa shape index (κ2) is 9.87. The Kier molecular flexibility index (Phi) is 6.57. The molecule has 0 atom stereocenters. The van der Waals surface area contributed by atoms with Gasteiger partial charge in [-0.15, -0.1) is 0 Å². The molecule has 198 valence electrons. The Hall–Kier alpha value is -2.71. The Morgan fingerprint density at radius 2 is 1.73 bits per heavy atom. The van der Waals surface area contributed by atoms with Gasteiger partial charge in [-0.05, 0) is 93.7 Å². The summed E-state index contributed by atoms with van der Waals surface area (Å²) in [5.41, 5.74) is 4.13. The van der Waals surface area contributed by atoms with E-state index in [9.17, 15) is 9.59 Å². The number of ether oxygens (including phenoxy) is 1. The molecule has 5 aliphatic rings. The summed E-state index contributed by atoms with van der Waals surface area (Å²) in [6.07, 6.45) is 13.3. The molecule has 4 bridgehead atoms. The van der Waals surface area contributed by atoms with E-state index in [1.165, 1.54) is 38.5 Å². The molecule has 37 heavy (non-hydrogen) atoms. The minimum Gasteiger partial charge on any atom is -0.369 e.